The first-order valence-corrected chi connectivity index (χ1v) is 11.5. The van der Waals surface area contributed by atoms with E-state index in [1.54, 1.807) is 13.0 Å². The highest BCUT2D eigenvalue weighted by molar-refractivity contribution is 6.07. The Bertz CT molecular complexity index is 1180. The van der Waals surface area contributed by atoms with Crippen molar-refractivity contribution in [2.24, 2.45) is 0 Å². The summed E-state index contributed by atoms with van der Waals surface area (Å²) in [6.07, 6.45) is 0. The van der Waals surface area contributed by atoms with Crippen molar-refractivity contribution in [1.82, 2.24) is 19.9 Å². The maximum Gasteiger partial charge on any atom is 0.254 e. The quantitative estimate of drug-likeness (QED) is 0.609. The van der Waals surface area contributed by atoms with E-state index in [1.165, 1.54) is 0 Å². The van der Waals surface area contributed by atoms with Gasteiger partial charge in [0.2, 0.25) is 5.91 Å². The van der Waals surface area contributed by atoms with Gasteiger partial charge in [-0.05, 0) is 19.1 Å². The van der Waals surface area contributed by atoms with Gasteiger partial charge in [0.1, 0.15) is 11.6 Å². The molecule has 2 amide bonds. The van der Waals surface area contributed by atoms with Gasteiger partial charge in [0, 0.05) is 50.7 Å². The SMILES string of the molecule is Cc1cc(NC(=O)CN2CCN(c3cc(C(=O)N4CCOCC4)c4ccccc4n3)CC2)no1. The molecule has 0 saturated carbocycles. The number of hydrogen-bond donors (Lipinski definition) is 1. The molecule has 3 aromatic rings. The van der Waals surface area contributed by atoms with E-state index in [-0.39, 0.29) is 18.4 Å². The van der Waals surface area contributed by atoms with Crippen molar-refractivity contribution in [3.8, 4) is 0 Å². The molecule has 10 nitrogen and oxygen atoms in total. The molecular weight excluding hydrogens is 436 g/mol. The van der Waals surface area contributed by atoms with Gasteiger partial charge in [-0.3, -0.25) is 14.5 Å². The Balaban J connectivity index is 1.27. The number of carbonyl (C=O) groups is 2. The zero-order valence-corrected chi connectivity index (χ0v) is 19.2. The van der Waals surface area contributed by atoms with Gasteiger partial charge < -0.3 is 24.4 Å². The van der Waals surface area contributed by atoms with Crippen LogP contribution in [0, 0.1) is 6.92 Å². The summed E-state index contributed by atoms with van der Waals surface area (Å²) in [5, 5.41) is 7.43. The molecular formula is C24H28N6O4. The number of benzene rings is 1. The molecule has 2 aliphatic heterocycles. The lowest BCUT2D eigenvalue weighted by Crippen LogP contribution is -2.49. The fraction of sp³-hybridized carbons (Fsp3) is 0.417. The molecule has 34 heavy (non-hydrogen) atoms. The number of ether oxygens (including phenoxy) is 1. The number of aromatic nitrogens is 2. The maximum absolute atomic E-state index is 13.3. The topological polar surface area (TPSA) is 104 Å². The van der Waals surface area contributed by atoms with Crippen LogP contribution in [0.25, 0.3) is 10.9 Å². The van der Waals surface area contributed by atoms with Crippen LogP contribution in [0.15, 0.2) is 40.9 Å². The minimum absolute atomic E-state index is 0.0153. The van der Waals surface area contributed by atoms with E-state index in [4.69, 9.17) is 14.2 Å². The zero-order chi connectivity index (χ0) is 23.5. The lowest BCUT2D eigenvalue weighted by molar-refractivity contribution is -0.117. The minimum atomic E-state index is -0.121. The summed E-state index contributed by atoms with van der Waals surface area (Å²) in [5.74, 6) is 1.76. The van der Waals surface area contributed by atoms with Gasteiger partial charge >= 0.3 is 0 Å². The first kappa shape index (κ1) is 22.3. The molecule has 1 N–H and O–H groups in total. The molecule has 1 aromatic carbocycles. The van der Waals surface area contributed by atoms with Gasteiger partial charge in [0.05, 0.1) is 30.8 Å². The van der Waals surface area contributed by atoms with Crippen molar-refractivity contribution in [2.45, 2.75) is 6.92 Å². The molecule has 0 bridgehead atoms. The largest absolute Gasteiger partial charge is 0.378 e. The number of para-hydroxylation sites is 1. The zero-order valence-electron chi connectivity index (χ0n) is 19.2. The Morgan fingerprint density at radius 1 is 1.03 bits per heavy atom. The third-order valence-electron chi connectivity index (χ3n) is 6.19. The second kappa shape index (κ2) is 9.78. The van der Waals surface area contributed by atoms with Crippen LogP contribution in [-0.2, 0) is 9.53 Å². The van der Waals surface area contributed by atoms with E-state index in [9.17, 15) is 9.59 Å². The number of piperazine rings is 1. The molecule has 2 saturated heterocycles. The summed E-state index contributed by atoms with van der Waals surface area (Å²) in [4.78, 5) is 36.6. The molecule has 2 aromatic heterocycles. The Kier molecular flexibility index (Phi) is 6.41. The van der Waals surface area contributed by atoms with E-state index in [1.807, 2.05) is 35.2 Å². The fourth-order valence-corrected chi connectivity index (χ4v) is 4.38. The molecule has 2 aliphatic rings. The fourth-order valence-electron chi connectivity index (χ4n) is 4.38. The Labute approximate surface area is 197 Å². The number of anilines is 2. The van der Waals surface area contributed by atoms with Crippen LogP contribution in [0.3, 0.4) is 0 Å². The van der Waals surface area contributed by atoms with Crippen molar-refractivity contribution in [1.29, 1.82) is 0 Å². The molecule has 2 fully saturated rings. The third-order valence-corrected chi connectivity index (χ3v) is 6.19. The van der Waals surface area contributed by atoms with Crippen LogP contribution < -0.4 is 10.2 Å². The predicted octanol–water partition coefficient (Wildman–Crippen LogP) is 1.76. The number of amides is 2. The number of carbonyl (C=O) groups excluding carboxylic acids is 2. The van der Waals surface area contributed by atoms with Crippen molar-refractivity contribution in [3.05, 3.63) is 47.7 Å². The lowest BCUT2D eigenvalue weighted by Gasteiger charge is -2.35. The summed E-state index contributed by atoms with van der Waals surface area (Å²) in [7, 11) is 0. The number of aryl methyl sites for hydroxylation is 1. The average molecular weight is 465 g/mol. The highest BCUT2D eigenvalue weighted by Gasteiger charge is 2.25. The van der Waals surface area contributed by atoms with Gasteiger partial charge in [0.15, 0.2) is 5.82 Å². The molecule has 10 heteroatoms. The van der Waals surface area contributed by atoms with Gasteiger partial charge in [0.25, 0.3) is 5.91 Å². The summed E-state index contributed by atoms with van der Waals surface area (Å²) >= 11 is 0. The van der Waals surface area contributed by atoms with Gasteiger partial charge in [-0.25, -0.2) is 4.98 Å². The van der Waals surface area contributed by atoms with E-state index in [0.717, 1.165) is 16.7 Å². The van der Waals surface area contributed by atoms with Crippen molar-refractivity contribution in [3.63, 3.8) is 0 Å². The summed E-state index contributed by atoms with van der Waals surface area (Å²) in [6, 6.07) is 11.4. The normalized spacial score (nSPS) is 17.2. The smallest absolute Gasteiger partial charge is 0.254 e. The number of rotatable bonds is 5. The summed E-state index contributed by atoms with van der Waals surface area (Å²) in [6.45, 7) is 7.24. The van der Waals surface area contributed by atoms with Crippen molar-refractivity contribution < 1.29 is 18.8 Å². The number of nitrogens with one attached hydrogen (secondary N) is 1. The van der Waals surface area contributed by atoms with Gasteiger partial charge in [-0.2, -0.15) is 0 Å². The first-order valence-electron chi connectivity index (χ1n) is 11.5. The number of morpholine rings is 1. The second-order valence-electron chi connectivity index (χ2n) is 8.58. The molecule has 178 valence electrons. The van der Waals surface area contributed by atoms with Crippen LogP contribution >= 0.6 is 0 Å². The predicted molar refractivity (Wildman–Crippen MR) is 127 cm³/mol. The van der Waals surface area contributed by atoms with Crippen LogP contribution in [0.5, 0.6) is 0 Å². The molecule has 0 radical (unpaired) electrons. The molecule has 0 atom stereocenters. The van der Waals surface area contributed by atoms with Crippen LogP contribution in [0.1, 0.15) is 16.1 Å². The number of pyridine rings is 1. The van der Waals surface area contributed by atoms with E-state index >= 15 is 0 Å². The molecule has 4 heterocycles. The monoisotopic (exact) mass is 464 g/mol. The third kappa shape index (κ3) is 4.87. The second-order valence-corrected chi connectivity index (χ2v) is 8.58. The Morgan fingerprint density at radius 3 is 2.53 bits per heavy atom. The lowest BCUT2D eigenvalue weighted by atomic mass is 10.1. The van der Waals surface area contributed by atoms with E-state index in [0.29, 0.717) is 69.6 Å². The minimum Gasteiger partial charge on any atom is -0.378 e. The van der Waals surface area contributed by atoms with E-state index < -0.39 is 0 Å². The summed E-state index contributed by atoms with van der Waals surface area (Å²) in [5.41, 5.74) is 1.48. The number of fused-ring (bicyclic) bond motifs is 1. The van der Waals surface area contributed by atoms with Crippen LogP contribution in [0.4, 0.5) is 11.6 Å². The first-order chi connectivity index (χ1) is 16.6. The van der Waals surface area contributed by atoms with E-state index in [2.05, 4.69) is 20.3 Å². The molecule has 0 aliphatic carbocycles. The van der Waals surface area contributed by atoms with Gasteiger partial charge in [-0.15, -0.1) is 0 Å². The number of hydrogen-bond acceptors (Lipinski definition) is 8. The Morgan fingerprint density at radius 2 is 1.79 bits per heavy atom. The van der Waals surface area contributed by atoms with Crippen molar-refractivity contribution in [2.75, 3.05) is 69.2 Å². The van der Waals surface area contributed by atoms with Crippen molar-refractivity contribution >= 4 is 34.4 Å². The highest BCUT2D eigenvalue weighted by atomic mass is 16.5. The maximum atomic E-state index is 13.3. The summed E-state index contributed by atoms with van der Waals surface area (Å²) < 4.78 is 10.4. The van der Waals surface area contributed by atoms with Crippen LogP contribution in [-0.4, -0.2) is 90.8 Å². The molecule has 5 rings (SSSR count). The average Bonchev–Trinajstić information content (AvgIpc) is 3.28. The molecule has 0 unspecified atom stereocenters. The highest BCUT2D eigenvalue weighted by Crippen LogP contribution is 2.25. The Hall–Kier alpha value is -3.50. The number of nitrogens with zero attached hydrogens (tertiary/aromatic N) is 5. The molecule has 0 spiro atoms. The van der Waals surface area contributed by atoms with Gasteiger partial charge in [-0.1, -0.05) is 23.4 Å². The van der Waals surface area contributed by atoms with Crippen LogP contribution in [0.2, 0.25) is 0 Å². The standard InChI is InChI=1S/C24H28N6O4/c1-17-14-21(27-34-17)26-23(31)16-28-6-8-29(9-7-28)22-15-19(18-4-2-3-5-20(18)25-22)24(32)30-10-12-33-13-11-30/h2-5,14-15H,6-13,16H2,1H3,(H,26,27,31).